The number of carbonyl (C=O) groups is 1. The van der Waals surface area contributed by atoms with Crippen LogP contribution in [0.2, 0.25) is 5.02 Å². The number of benzene rings is 1. The van der Waals surface area contributed by atoms with Gasteiger partial charge in [-0.1, -0.05) is 17.7 Å². The first-order valence-corrected chi connectivity index (χ1v) is 4.13. The van der Waals surface area contributed by atoms with Crippen LogP contribution in [0.1, 0.15) is 10.5 Å². The van der Waals surface area contributed by atoms with Crippen molar-refractivity contribution in [2.45, 2.75) is 0 Å². The minimum Gasteiger partial charge on any atom is -0.364 e. The Morgan fingerprint density at radius 1 is 1.38 bits per heavy atom. The zero-order valence-electron chi connectivity index (χ0n) is 6.67. The van der Waals surface area contributed by atoms with Crippen LogP contribution in [0, 0.1) is 0 Å². The molecule has 0 aliphatic rings. The number of hydrogen-bond donors (Lipinski definition) is 2. The number of aromatic nitrogens is 1. The van der Waals surface area contributed by atoms with E-state index in [1.807, 2.05) is 6.07 Å². The maximum absolute atomic E-state index is 10.8. The van der Waals surface area contributed by atoms with Gasteiger partial charge in [-0.05, 0) is 18.2 Å². The van der Waals surface area contributed by atoms with Crippen LogP contribution in [0.25, 0.3) is 10.9 Å². The second-order valence-electron chi connectivity index (χ2n) is 2.78. The van der Waals surface area contributed by atoms with E-state index in [1.165, 1.54) is 0 Å². The van der Waals surface area contributed by atoms with Gasteiger partial charge in [0.2, 0.25) is 0 Å². The molecule has 0 saturated heterocycles. The van der Waals surface area contributed by atoms with E-state index in [0.717, 1.165) is 10.9 Å². The molecule has 0 saturated carbocycles. The minimum absolute atomic E-state index is 0.400. The number of primary amides is 1. The Kier molecular flexibility index (Phi) is 1.74. The molecule has 0 aliphatic carbocycles. The highest BCUT2D eigenvalue weighted by atomic mass is 35.5. The van der Waals surface area contributed by atoms with E-state index in [2.05, 4.69) is 4.98 Å². The Balaban J connectivity index is 2.68. The molecule has 1 aromatic heterocycles. The molecule has 0 unspecified atom stereocenters. The number of carbonyl (C=O) groups excluding carboxylic acids is 1. The van der Waals surface area contributed by atoms with Crippen LogP contribution in [0.5, 0.6) is 0 Å². The molecule has 0 aliphatic heterocycles. The zero-order chi connectivity index (χ0) is 9.42. The zero-order valence-corrected chi connectivity index (χ0v) is 7.43. The lowest BCUT2D eigenvalue weighted by atomic mass is 10.2. The van der Waals surface area contributed by atoms with E-state index >= 15 is 0 Å². The van der Waals surface area contributed by atoms with Crippen LogP contribution in [0.15, 0.2) is 24.3 Å². The van der Waals surface area contributed by atoms with Gasteiger partial charge in [-0.2, -0.15) is 0 Å². The Hall–Kier alpha value is -1.48. The normalized spacial score (nSPS) is 10.5. The van der Waals surface area contributed by atoms with Gasteiger partial charge in [-0.25, -0.2) is 0 Å². The molecular formula is C9H7ClN2O. The molecule has 2 rings (SSSR count). The molecule has 1 heterocycles. The third-order valence-electron chi connectivity index (χ3n) is 1.85. The van der Waals surface area contributed by atoms with Crippen LogP contribution >= 0.6 is 11.6 Å². The molecule has 0 bridgehead atoms. The van der Waals surface area contributed by atoms with E-state index in [4.69, 9.17) is 17.3 Å². The third-order valence-corrected chi connectivity index (χ3v) is 2.09. The number of nitrogens with two attached hydrogens (primary N) is 1. The Morgan fingerprint density at radius 3 is 2.85 bits per heavy atom. The van der Waals surface area contributed by atoms with Gasteiger partial charge in [-0.15, -0.1) is 0 Å². The van der Waals surface area contributed by atoms with Gasteiger partial charge in [0.05, 0.1) is 0 Å². The molecule has 0 spiro atoms. The summed E-state index contributed by atoms with van der Waals surface area (Å²) < 4.78 is 0. The maximum Gasteiger partial charge on any atom is 0.265 e. The molecule has 1 aromatic carbocycles. The average molecular weight is 195 g/mol. The lowest BCUT2D eigenvalue weighted by Gasteiger charge is -1.89. The Bertz CT molecular complexity index is 475. The predicted molar refractivity (Wildman–Crippen MR) is 51.8 cm³/mol. The molecule has 0 radical (unpaired) electrons. The molecule has 1 amide bonds. The van der Waals surface area contributed by atoms with Crippen molar-refractivity contribution >= 4 is 28.4 Å². The first kappa shape index (κ1) is 8.13. The van der Waals surface area contributed by atoms with Gasteiger partial charge < -0.3 is 10.7 Å². The summed E-state index contributed by atoms with van der Waals surface area (Å²) in [5.41, 5.74) is 6.33. The summed E-state index contributed by atoms with van der Waals surface area (Å²) in [6, 6.07) is 7.06. The van der Waals surface area contributed by atoms with Crippen molar-refractivity contribution in [2.75, 3.05) is 0 Å². The first-order valence-electron chi connectivity index (χ1n) is 3.75. The van der Waals surface area contributed by atoms with Gasteiger partial charge in [0, 0.05) is 15.9 Å². The molecule has 3 nitrogen and oxygen atoms in total. The van der Waals surface area contributed by atoms with E-state index in [9.17, 15) is 4.79 Å². The fraction of sp³-hybridized carbons (Fsp3) is 0. The molecule has 4 heteroatoms. The Morgan fingerprint density at radius 2 is 2.15 bits per heavy atom. The fourth-order valence-electron chi connectivity index (χ4n) is 1.23. The highest BCUT2D eigenvalue weighted by Crippen LogP contribution is 2.19. The summed E-state index contributed by atoms with van der Waals surface area (Å²) in [5, 5.41) is 1.56. The highest BCUT2D eigenvalue weighted by molar-refractivity contribution is 6.31. The molecule has 0 fully saturated rings. The SMILES string of the molecule is NC(=O)c1cc2ccc(Cl)cc2[nH]1. The van der Waals surface area contributed by atoms with E-state index in [1.54, 1.807) is 18.2 Å². The summed E-state index contributed by atoms with van der Waals surface area (Å²) in [6.07, 6.45) is 0. The second-order valence-corrected chi connectivity index (χ2v) is 3.22. The van der Waals surface area contributed by atoms with Crippen molar-refractivity contribution in [3.8, 4) is 0 Å². The van der Waals surface area contributed by atoms with Crippen LogP contribution < -0.4 is 5.73 Å². The van der Waals surface area contributed by atoms with Gasteiger partial charge in [-0.3, -0.25) is 4.79 Å². The number of H-pyrrole nitrogens is 1. The van der Waals surface area contributed by atoms with Gasteiger partial charge >= 0.3 is 0 Å². The predicted octanol–water partition coefficient (Wildman–Crippen LogP) is 1.92. The number of rotatable bonds is 1. The molecule has 0 atom stereocenters. The van der Waals surface area contributed by atoms with Crippen LogP contribution in [0.3, 0.4) is 0 Å². The van der Waals surface area contributed by atoms with Gasteiger partial charge in [0.15, 0.2) is 0 Å². The lowest BCUT2D eigenvalue weighted by molar-refractivity contribution is 0.0996. The molecule has 13 heavy (non-hydrogen) atoms. The van der Waals surface area contributed by atoms with Crippen molar-refractivity contribution < 1.29 is 4.79 Å². The monoisotopic (exact) mass is 194 g/mol. The third kappa shape index (κ3) is 1.38. The number of amides is 1. The largest absolute Gasteiger partial charge is 0.364 e. The van der Waals surface area contributed by atoms with Crippen molar-refractivity contribution in [1.29, 1.82) is 0 Å². The molecule has 66 valence electrons. The number of fused-ring (bicyclic) bond motifs is 1. The fourth-order valence-corrected chi connectivity index (χ4v) is 1.40. The smallest absolute Gasteiger partial charge is 0.265 e. The highest BCUT2D eigenvalue weighted by Gasteiger charge is 2.04. The summed E-state index contributed by atoms with van der Waals surface area (Å²) in [6.45, 7) is 0. The van der Waals surface area contributed by atoms with Crippen molar-refractivity contribution in [2.24, 2.45) is 5.73 Å². The van der Waals surface area contributed by atoms with Crippen molar-refractivity contribution in [3.05, 3.63) is 35.0 Å². The number of halogens is 1. The van der Waals surface area contributed by atoms with E-state index in [-0.39, 0.29) is 0 Å². The lowest BCUT2D eigenvalue weighted by Crippen LogP contribution is -2.10. The summed E-state index contributed by atoms with van der Waals surface area (Å²) in [4.78, 5) is 13.7. The molecular weight excluding hydrogens is 188 g/mol. The summed E-state index contributed by atoms with van der Waals surface area (Å²) >= 11 is 5.77. The van der Waals surface area contributed by atoms with E-state index in [0.29, 0.717) is 10.7 Å². The number of nitrogens with one attached hydrogen (secondary N) is 1. The maximum atomic E-state index is 10.8. The second kappa shape index (κ2) is 2.78. The molecule has 3 N–H and O–H groups in total. The van der Waals surface area contributed by atoms with Crippen LogP contribution in [0.4, 0.5) is 0 Å². The quantitative estimate of drug-likeness (QED) is 0.716. The topological polar surface area (TPSA) is 58.9 Å². The summed E-state index contributed by atoms with van der Waals surface area (Å²) in [7, 11) is 0. The van der Waals surface area contributed by atoms with Crippen molar-refractivity contribution in [1.82, 2.24) is 4.98 Å². The van der Waals surface area contributed by atoms with Crippen molar-refractivity contribution in [3.63, 3.8) is 0 Å². The van der Waals surface area contributed by atoms with Gasteiger partial charge in [0.1, 0.15) is 5.69 Å². The molecule has 2 aromatic rings. The Labute approximate surface area is 79.5 Å². The van der Waals surface area contributed by atoms with Gasteiger partial charge in [0.25, 0.3) is 5.91 Å². The van der Waals surface area contributed by atoms with Crippen LogP contribution in [-0.2, 0) is 0 Å². The summed E-state index contributed by atoms with van der Waals surface area (Å²) in [5.74, 6) is -0.465. The van der Waals surface area contributed by atoms with Crippen LogP contribution in [-0.4, -0.2) is 10.9 Å². The van der Waals surface area contributed by atoms with E-state index < -0.39 is 5.91 Å². The minimum atomic E-state index is -0.465. The standard InChI is InChI=1S/C9H7ClN2O/c10-6-2-1-5-3-8(9(11)13)12-7(5)4-6/h1-4,12H,(H2,11,13). The number of aromatic amines is 1. The first-order chi connectivity index (χ1) is 6.16. The number of hydrogen-bond acceptors (Lipinski definition) is 1. The average Bonchev–Trinajstić information content (AvgIpc) is 2.46.